The molecule has 2 fully saturated rings. The van der Waals surface area contributed by atoms with Crippen LogP contribution in [-0.4, -0.2) is 30.3 Å². The highest BCUT2D eigenvalue weighted by molar-refractivity contribution is 6.30. The van der Waals surface area contributed by atoms with Crippen molar-refractivity contribution in [1.29, 1.82) is 0 Å². The van der Waals surface area contributed by atoms with E-state index < -0.39 is 5.82 Å². The van der Waals surface area contributed by atoms with Crippen molar-refractivity contribution in [3.8, 4) is 0 Å². The molecule has 0 heterocycles. The quantitative estimate of drug-likeness (QED) is 0.712. The van der Waals surface area contributed by atoms with E-state index >= 15 is 0 Å². The zero-order valence-electron chi connectivity index (χ0n) is 13.0. The van der Waals surface area contributed by atoms with Gasteiger partial charge in [-0.3, -0.25) is 4.79 Å². The van der Waals surface area contributed by atoms with Crippen LogP contribution in [0.5, 0.6) is 0 Å². The number of benzene rings is 1. The molecule has 2 saturated carbocycles. The highest BCUT2D eigenvalue weighted by Crippen LogP contribution is 2.35. The number of hydrogen-bond acceptors (Lipinski definition) is 2. The van der Waals surface area contributed by atoms with Gasteiger partial charge in [-0.15, -0.1) is 0 Å². The largest absolute Gasteiger partial charge is 0.302 e. The Morgan fingerprint density at radius 3 is 2.32 bits per heavy atom. The van der Waals surface area contributed by atoms with Gasteiger partial charge in [0.05, 0.1) is 10.9 Å². The van der Waals surface area contributed by atoms with Crippen molar-refractivity contribution >= 4 is 17.4 Å². The first-order valence-corrected chi connectivity index (χ1v) is 8.58. The Balaban J connectivity index is 1.72. The van der Waals surface area contributed by atoms with E-state index in [4.69, 9.17) is 11.6 Å². The minimum Gasteiger partial charge on any atom is -0.302 e. The van der Waals surface area contributed by atoms with Gasteiger partial charge >= 0.3 is 0 Å². The van der Waals surface area contributed by atoms with E-state index in [2.05, 4.69) is 4.90 Å². The Bertz CT molecular complexity index is 540. The number of rotatable bonds is 8. The van der Waals surface area contributed by atoms with Gasteiger partial charge in [0.1, 0.15) is 11.6 Å². The van der Waals surface area contributed by atoms with Crippen LogP contribution in [0.3, 0.4) is 0 Å². The lowest BCUT2D eigenvalue weighted by Crippen LogP contribution is -2.34. The molecule has 1 unspecified atom stereocenters. The first-order chi connectivity index (χ1) is 10.5. The number of carbonyl (C=O) groups excluding carboxylic acids is 1. The van der Waals surface area contributed by atoms with E-state index in [1.165, 1.54) is 31.7 Å². The molecule has 0 saturated heterocycles. The predicted octanol–water partition coefficient (Wildman–Crippen LogP) is 4.27. The van der Waals surface area contributed by atoms with Gasteiger partial charge in [-0.25, -0.2) is 4.39 Å². The maximum atomic E-state index is 13.7. The molecule has 22 heavy (non-hydrogen) atoms. The summed E-state index contributed by atoms with van der Waals surface area (Å²) >= 11 is 5.75. The van der Waals surface area contributed by atoms with Crippen LogP contribution >= 0.6 is 11.6 Å². The van der Waals surface area contributed by atoms with Crippen molar-refractivity contribution in [2.75, 3.05) is 19.6 Å². The van der Waals surface area contributed by atoms with Gasteiger partial charge in [0.15, 0.2) is 0 Å². The van der Waals surface area contributed by atoms with Crippen molar-refractivity contribution in [2.24, 2.45) is 11.8 Å². The number of ketones is 1. The van der Waals surface area contributed by atoms with Crippen LogP contribution < -0.4 is 0 Å². The van der Waals surface area contributed by atoms with Gasteiger partial charge < -0.3 is 4.90 Å². The summed E-state index contributed by atoms with van der Waals surface area (Å²) in [5.74, 6) is 0.991. The third-order valence-corrected chi connectivity index (χ3v) is 5.01. The summed E-state index contributed by atoms with van der Waals surface area (Å²) in [7, 11) is 0. The monoisotopic (exact) mass is 323 g/mol. The second-order valence-corrected chi connectivity index (χ2v) is 7.35. The summed E-state index contributed by atoms with van der Waals surface area (Å²) < 4.78 is 13.7. The molecule has 0 aromatic heterocycles. The minimum atomic E-state index is -0.443. The fraction of sp³-hybridized carbons (Fsp3) is 0.611. The van der Waals surface area contributed by atoms with E-state index in [1.807, 2.05) is 0 Å². The normalized spacial score (nSPS) is 19.5. The molecule has 1 aromatic rings. The molecular formula is C18H23ClFNO. The summed E-state index contributed by atoms with van der Waals surface area (Å²) in [5, 5.41) is 0.110. The van der Waals surface area contributed by atoms with Crippen LogP contribution in [0, 0.1) is 17.7 Å². The Morgan fingerprint density at radius 1 is 1.27 bits per heavy atom. The molecule has 0 radical (unpaired) electrons. The predicted molar refractivity (Wildman–Crippen MR) is 86.7 cm³/mol. The van der Waals surface area contributed by atoms with Crippen LogP contribution in [0.25, 0.3) is 0 Å². The third-order valence-electron chi connectivity index (χ3n) is 4.70. The number of Topliss-reactive ketones (excluding diaryl/α,β-unsaturated/α-hetero) is 1. The molecule has 2 aliphatic rings. The average Bonchev–Trinajstić information content (AvgIpc) is 3.35. The van der Waals surface area contributed by atoms with E-state index in [9.17, 15) is 9.18 Å². The summed E-state index contributed by atoms with van der Waals surface area (Å²) in [6, 6.07) is 4.75. The average molecular weight is 324 g/mol. The van der Waals surface area contributed by atoms with Crippen molar-refractivity contribution in [1.82, 2.24) is 4.90 Å². The van der Waals surface area contributed by atoms with Gasteiger partial charge in [-0.05, 0) is 62.1 Å². The first-order valence-electron chi connectivity index (χ1n) is 8.20. The van der Waals surface area contributed by atoms with Crippen LogP contribution in [0.1, 0.15) is 44.1 Å². The molecule has 120 valence electrons. The molecular weight excluding hydrogens is 301 g/mol. The van der Waals surface area contributed by atoms with Crippen LogP contribution in [-0.2, 0) is 4.79 Å². The minimum absolute atomic E-state index is 0.0957. The topological polar surface area (TPSA) is 20.3 Å². The molecule has 4 heteroatoms. The summed E-state index contributed by atoms with van der Waals surface area (Å²) in [4.78, 5) is 14.5. The number of halogens is 2. The van der Waals surface area contributed by atoms with Crippen LogP contribution in [0.15, 0.2) is 18.2 Å². The summed E-state index contributed by atoms with van der Waals surface area (Å²) in [6.07, 6.45) is 5.23. The number of nitrogens with zero attached hydrogens (tertiary/aromatic N) is 1. The highest BCUT2D eigenvalue weighted by atomic mass is 35.5. The second kappa shape index (κ2) is 6.67. The fourth-order valence-corrected chi connectivity index (χ4v) is 3.13. The lowest BCUT2D eigenvalue weighted by molar-refractivity contribution is -0.118. The van der Waals surface area contributed by atoms with Gasteiger partial charge in [0, 0.05) is 19.6 Å². The third kappa shape index (κ3) is 4.30. The zero-order chi connectivity index (χ0) is 15.7. The molecule has 2 nitrogen and oxygen atoms in total. The molecule has 0 N–H and O–H groups in total. The van der Waals surface area contributed by atoms with Crippen molar-refractivity contribution in [3.05, 3.63) is 34.6 Å². The van der Waals surface area contributed by atoms with Crippen LogP contribution in [0.4, 0.5) is 4.39 Å². The maximum Gasteiger partial charge on any atom is 0.142 e. The zero-order valence-corrected chi connectivity index (χ0v) is 13.8. The lowest BCUT2D eigenvalue weighted by Gasteiger charge is -2.27. The van der Waals surface area contributed by atoms with E-state index in [-0.39, 0.29) is 16.7 Å². The first kappa shape index (κ1) is 15.9. The van der Waals surface area contributed by atoms with Crippen LogP contribution in [0.2, 0.25) is 5.02 Å². The Labute approximate surface area is 136 Å². The van der Waals surface area contributed by atoms with E-state index in [1.54, 1.807) is 19.1 Å². The molecule has 1 atom stereocenters. The second-order valence-electron chi connectivity index (χ2n) is 6.94. The molecule has 0 bridgehead atoms. The molecule has 0 spiro atoms. The smallest absolute Gasteiger partial charge is 0.142 e. The number of carbonyl (C=O) groups is 1. The molecule has 3 rings (SSSR count). The fourth-order valence-electron chi connectivity index (χ4n) is 3.01. The van der Waals surface area contributed by atoms with Gasteiger partial charge in [-0.2, -0.15) is 0 Å². The lowest BCUT2D eigenvalue weighted by atomic mass is 9.94. The van der Waals surface area contributed by atoms with Gasteiger partial charge in [0.2, 0.25) is 0 Å². The summed E-state index contributed by atoms with van der Waals surface area (Å²) in [5.41, 5.74) is 0.742. The van der Waals surface area contributed by atoms with Crippen molar-refractivity contribution in [2.45, 2.75) is 38.5 Å². The van der Waals surface area contributed by atoms with Gasteiger partial charge in [0.25, 0.3) is 0 Å². The SMILES string of the molecule is CC(=O)C(CN(CC1CC1)CC1CC1)c1ccc(Cl)c(F)c1. The van der Waals surface area contributed by atoms with Crippen molar-refractivity contribution < 1.29 is 9.18 Å². The Morgan fingerprint density at radius 2 is 1.86 bits per heavy atom. The Kier molecular flexibility index (Phi) is 4.84. The maximum absolute atomic E-state index is 13.7. The molecule has 1 aromatic carbocycles. The molecule has 2 aliphatic carbocycles. The molecule has 0 amide bonds. The molecule has 0 aliphatic heterocycles. The highest BCUT2D eigenvalue weighted by Gasteiger charge is 2.31. The Hall–Kier alpha value is -0.930. The van der Waals surface area contributed by atoms with Crippen molar-refractivity contribution in [3.63, 3.8) is 0 Å². The standard InChI is InChI=1S/C18H23ClFNO/c1-12(22)16(15-6-7-17(19)18(20)8-15)11-21(9-13-2-3-13)10-14-4-5-14/h6-8,13-14,16H,2-5,9-11H2,1H3. The van der Waals surface area contributed by atoms with E-state index in [0.717, 1.165) is 30.5 Å². The number of hydrogen-bond donors (Lipinski definition) is 0. The van der Waals surface area contributed by atoms with Gasteiger partial charge in [-0.1, -0.05) is 17.7 Å². The van der Waals surface area contributed by atoms with E-state index in [0.29, 0.717) is 6.54 Å². The summed E-state index contributed by atoms with van der Waals surface area (Å²) in [6.45, 7) is 4.46.